The predicted molar refractivity (Wildman–Crippen MR) is 107 cm³/mol. The van der Waals surface area contributed by atoms with Gasteiger partial charge < -0.3 is 4.57 Å². The lowest BCUT2D eigenvalue weighted by Crippen LogP contribution is -2.12. The summed E-state index contributed by atoms with van der Waals surface area (Å²) in [5.74, 6) is 0.575. The fourth-order valence-electron chi connectivity index (χ4n) is 2.67. The first-order valence-corrected chi connectivity index (χ1v) is 9.21. The Morgan fingerprint density at radius 1 is 1.11 bits per heavy atom. The van der Waals surface area contributed by atoms with Crippen molar-refractivity contribution in [2.75, 3.05) is 5.32 Å². The van der Waals surface area contributed by atoms with E-state index in [4.69, 9.17) is 0 Å². The second kappa shape index (κ2) is 7.13. The standard InChI is InChI=1S/C20H17N5OS/c1-13-8-9-15(12-22-13)19(26)24-20-23-16(14-6-4-3-5-7-14)17(27-20)18-21-10-11-25(18)2/h3-12H,1-2H3,(H,23,24,26). The van der Waals surface area contributed by atoms with Crippen LogP contribution in [-0.2, 0) is 7.05 Å². The molecule has 4 rings (SSSR count). The Morgan fingerprint density at radius 3 is 2.59 bits per heavy atom. The molecule has 3 heterocycles. The quantitative estimate of drug-likeness (QED) is 0.581. The smallest absolute Gasteiger partial charge is 0.259 e. The third-order valence-corrected chi connectivity index (χ3v) is 5.06. The lowest BCUT2D eigenvalue weighted by molar-refractivity contribution is 0.102. The van der Waals surface area contributed by atoms with Crippen LogP contribution in [0.1, 0.15) is 16.1 Å². The number of carbonyl (C=O) groups is 1. The molecule has 0 atom stereocenters. The van der Waals surface area contributed by atoms with Crippen LogP contribution in [0.2, 0.25) is 0 Å². The molecule has 3 aromatic heterocycles. The highest BCUT2D eigenvalue weighted by Gasteiger charge is 2.19. The molecule has 1 aromatic carbocycles. The number of hydrogen-bond acceptors (Lipinski definition) is 5. The zero-order valence-corrected chi connectivity index (χ0v) is 15.7. The van der Waals surface area contributed by atoms with Crippen molar-refractivity contribution in [1.82, 2.24) is 19.5 Å². The molecule has 0 radical (unpaired) electrons. The van der Waals surface area contributed by atoms with Gasteiger partial charge in [-0.05, 0) is 19.1 Å². The number of thiazole rings is 1. The number of anilines is 1. The van der Waals surface area contributed by atoms with Crippen LogP contribution in [0.25, 0.3) is 22.0 Å². The first-order chi connectivity index (χ1) is 13.1. The lowest BCUT2D eigenvalue weighted by Gasteiger charge is -2.02. The monoisotopic (exact) mass is 375 g/mol. The highest BCUT2D eigenvalue weighted by atomic mass is 32.1. The molecular weight excluding hydrogens is 358 g/mol. The maximum absolute atomic E-state index is 12.5. The molecule has 0 aliphatic heterocycles. The minimum Gasteiger partial charge on any atom is -0.333 e. The molecule has 0 unspecified atom stereocenters. The number of imidazole rings is 1. The van der Waals surface area contributed by atoms with Crippen molar-refractivity contribution in [3.8, 4) is 22.0 Å². The van der Waals surface area contributed by atoms with Crippen molar-refractivity contribution in [2.45, 2.75) is 6.92 Å². The van der Waals surface area contributed by atoms with Crippen LogP contribution in [-0.4, -0.2) is 25.4 Å². The van der Waals surface area contributed by atoms with Crippen LogP contribution in [0.5, 0.6) is 0 Å². The van der Waals surface area contributed by atoms with Gasteiger partial charge in [-0.3, -0.25) is 15.1 Å². The van der Waals surface area contributed by atoms with Gasteiger partial charge in [-0.25, -0.2) is 9.97 Å². The minimum absolute atomic E-state index is 0.234. The van der Waals surface area contributed by atoms with E-state index < -0.39 is 0 Å². The Kier molecular flexibility index (Phi) is 4.52. The molecule has 0 spiro atoms. The number of nitrogens with zero attached hydrogens (tertiary/aromatic N) is 4. The number of nitrogens with one attached hydrogen (secondary N) is 1. The van der Waals surface area contributed by atoms with Crippen LogP contribution >= 0.6 is 11.3 Å². The van der Waals surface area contributed by atoms with E-state index in [0.717, 1.165) is 27.7 Å². The third-order valence-electron chi connectivity index (χ3n) is 4.09. The first-order valence-electron chi connectivity index (χ1n) is 8.40. The number of amides is 1. The molecule has 27 heavy (non-hydrogen) atoms. The van der Waals surface area contributed by atoms with Gasteiger partial charge in [-0.1, -0.05) is 41.7 Å². The van der Waals surface area contributed by atoms with Crippen LogP contribution in [0, 0.1) is 6.92 Å². The van der Waals surface area contributed by atoms with Crippen molar-refractivity contribution in [2.24, 2.45) is 7.05 Å². The predicted octanol–water partition coefficient (Wildman–Crippen LogP) is 4.17. The lowest BCUT2D eigenvalue weighted by atomic mass is 10.1. The second-order valence-corrected chi connectivity index (χ2v) is 7.07. The summed E-state index contributed by atoms with van der Waals surface area (Å²) >= 11 is 1.41. The fourth-order valence-corrected chi connectivity index (χ4v) is 3.69. The molecule has 0 fully saturated rings. The number of aromatic nitrogens is 4. The summed E-state index contributed by atoms with van der Waals surface area (Å²) < 4.78 is 1.94. The van der Waals surface area contributed by atoms with Crippen LogP contribution < -0.4 is 5.32 Å². The average Bonchev–Trinajstić information content (AvgIpc) is 3.28. The molecule has 0 saturated heterocycles. The molecule has 0 bridgehead atoms. The number of rotatable bonds is 4. The van der Waals surface area contributed by atoms with Crippen molar-refractivity contribution in [1.29, 1.82) is 0 Å². The maximum atomic E-state index is 12.5. The van der Waals surface area contributed by atoms with Gasteiger partial charge in [0, 0.05) is 36.9 Å². The molecule has 1 N–H and O–H groups in total. The van der Waals surface area contributed by atoms with Crippen molar-refractivity contribution < 1.29 is 4.79 Å². The molecular formula is C20H17N5OS. The van der Waals surface area contributed by atoms with Gasteiger partial charge >= 0.3 is 0 Å². The van der Waals surface area contributed by atoms with E-state index in [1.165, 1.54) is 11.3 Å². The number of pyridine rings is 1. The summed E-state index contributed by atoms with van der Waals surface area (Å²) in [6, 6.07) is 13.5. The van der Waals surface area contributed by atoms with E-state index >= 15 is 0 Å². The van der Waals surface area contributed by atoms with Crippen molar-refractivity contribution in [3.05, 3.63) is 72.3 Å². The molecule has 6 nitrogen and oxygen atoms in total. The second-order valence-electron chi connectivity index (χ2n) is 6.07. The van der Waals surface area contributed by atoms with E-state index in [-0.39, 0.29) is 5.91 Å². The summed E-state index contributed by atoms with van der Waals surface area (Å²) in [5.41, 5.74) is 3.14. The van der Waals surface area contributed by atoms with Gasteiger partial charge in [-0.2, -0.15) is 0 Å². The minimum atomic E-state index is -0.234. The van der Waals surface area contributed by atoms with Crippen molar-refractivity contribution >= 4 is 22.4 Å². The van der Waals surface area contributed by atoms with Gasteiger partial charge in [0.05, 0.1) is 16.1 Å². The highest BCUT2D eigenvalue weighted by Crippen LogP contribution is 2.38. The topological polar surface area (TPSA) is 72.7 Å². The van der Waals surface area contributed by atoms with E-state index in [2.05, 4.69) is 20.3 Å². The zero-order valence-electron chi connectivity index (χ0n) is 14.9. The summed E-state index contributed by atoms with van der Waals surface area (Å²) in [5, 5.41) is 3.41. The summed E-state index contributed by atoms with van der Waals surface area (Å²) in [6.07, 6.45) is 5.20. The number of hydrogen-bond donors (Lipinski definition) is 1. The normalized spacial score (nSPS) is 10.7. The highest BCUT2D eigenvalue weighted by molar-refractivity contribution is 7.19. The molecule has 0 saturated carbocycles. The van der Waals surface area contributed by atoms with Gasteiger partial charge in [0.2, 0.25) is 0 Å². The molecule has 4 aromatic rings. The molecule has 0 aliphatic carbocycles. The zero-order chi connectivity index (χ0) is 18.8. The third kappa shape index (κ3) is 3.50. The Morgan fingerprint density at radius 2 is 1.93 bits per heavy atom. The maximum Gasteiger partial charge on any atom is 0.259 e. The van der Waals surface area contributed by atoms with Gasteiger partial charge in [0.25, 0.3) is 5.91 Å². The Bertz CT molecular complexity index is 1080. The Balaban J connectivity index is 1.72. The van der Waals surface area contributed by atoms with Crippen molar-refractivity contribution in [3.63, 3.8) is 0 Å². The van der Waals surface area contributed by atoms with Crippen LogP contribution in [0.3, 0.4) is 0 Å². The molecule has 0 aliphatic rings. The Hall–Kier alpha value is -3.32. The summed E-state index contributed by atoms with van der Waals surface area (Å²) in [7, 11) is 1.94. The average molecular weight is 375 g/mol. The summed E-state index contributed by atoms with van der Waals surface area (Å²) in [6.45, 7) is 1.88. The molecule has 7 heteroatoms. The molecule has 134 valence electrons. The van der Waals surface area contributed by atoms with Crippen LogP contribution in [0.4, 0.5) is 5.13 Å². The number of aryl methyl sites for hydroxylation is 2. The number of benzene rings is 1. The first kappa shape index (κ1) is 17.1. The van der Waals surface area contributed by atoms with E-state index in [1.807, 2.05) is 61.1 Å². The Labute approximate surface area is 160 Å². The van der Waals surface area contributed by atoms with Gasteiger partial charge in [0.15, 0.2) is 11.0 Å². The van der Waals surface area contributed by atoms with Gasteiger partial charge in [0.1, 0.15) is 0 Å². The van der Waals surface area contributed by atoms with E-state index in [0.29, 0.717) is 10.7 Å². The largest absolute Gasteiger partial charge is 0.333 e. The summed E-state index contributed by atoms with van der Waals surface area (Å²) in [4.78, 5) is 26.7. The number of carbonyl (C=O) groups excluding carboxylic acids is 1. The van der Waals surface area contributed by atoms with Crippen LogP contribution in [0.15, 0.2) is 61.1 Å². The SMILES string of the molecule is Cc1ccc(C(=O)Nc2nc(-c3ccccc3)c(-c3nccn3C)s2)cn1. The van der Waals surface area contributed by atoms with E-state index in [1.54, 1.807) is 18.5 Å². The fraction of sp³-hybridized carbons (Fsp3) is 0.100. The van der Waals surface area contributed by atoms with Gasteiger partial charge in [-0.15, -0.1) is 0 Å². The van der Waals surface area contributed by atoms with E-state index in [9.17, 15) is 4.79 Å². The molecule has 1 amide bonds.